The van der Waals surface area contributed by atoms with Gasteiger partial charge in [0.25, 0.3) is 0 Å². The molecule has 2 unspecified atom stereocenters. The Labute approximate surface area is 625 Å². The zero-order chi connectivity index (χ0) is 65.6. The fraction of sp³-hybridized carbons (Fsp3) is 0.909. The fourth-order valence-electron chi connectivity index (χ4n) is 21.1. The standard InChI is InChI=1S/C32H54O4S.C32H53O3S.2C6H12N2.CH3.FH.Li.2H2O.2Pt/c1-22(2)7-6-8-23(3)27-11-12-28-26-10-9-24-21-25(36-18-20-37(35)19-15-30(33)34)13-16-31(24,4)29(26)14-17-32(27,28)5;1-23(2)8-6-9-24(3)28-12-13-29-27-11-10-25-22-26(35-19-21-36(34)20-7-18-33)14-16-31(25,4)30(27)15-17-32(28,29)5;2*7-5-3-1-2-4-6(5)8;;;;;;;/h9,22-23,25-29H,6-8,10-21H2,1-5H3,(H,33,34);10,23-24,26-30H,6-9,11-17,19-22H2,1-5H3;2*5-8H,1-4H2;1H3;1H;;2*1H2;;/q;-1;2*-2;-1;;+1;;;;/p-1/t23-,25+,26+,27-,28+,29+,31+,32-,37?;24-,26+,27+,28-,29+,30+,31+,32-,36?;2*5-,6-;;;;;;;/m1111......./s1. The predicted octanol–water partition coefficient (Wildman–Crippen LogP) is 16.7. The van der Waals surface area contributed by atoms with Gasteiger partial charge in [-0.1, -0.05) is 164 Å². The number of carbonyl (C=O) groups excluding carboxylic acids is 1. The average Bonchev–Trinajstić information content (AvgIpc) is 1.23. The van der Waals surface area contributed by atoms with E-state index in [0.717, 1.165) is 122 Å². The summed E-state index contributed by atoms with van der Waals surface area (Å²) in [6.45, 7) is 26.1. The van der Waals surface area contributed by atoms with Gasteiger partial charge in [0.15, 0.2) is 0 Å². The quantitative estimate of drug-likeness (QED) is 0.0550. The number of carboxylic acids is 1. The molecular weight excluding hydrogens is 1610 g/mol. The van der Waals surface area contributed by atoms with E-state index in [1.807, 2.05) is 24.3 Å². The van der Waals surface area contributed by atoms with Gasteiger partial charge in [-0.3, -0.25) is 15.2 Å². The summed E-state index contributed by atoms with van der Waals surface area (Å²) in [6, 6.07) is -0.319. The number of carbonyl (C=O) groups is 1. The summed E-state index contributed by atoms with van der Waals surface area (Å²) < 4.78 is 37.1. The molecule has 10 aliphatic carbocycles. The number of carboxylic acid groups (broad SMARTS) is 1. The normalized spacial score (nSPS) is 36.9. The van der Waals surface area contributed by atoms with Crippen LogP contribution in [0.25, 0.3) is 22.9 Å². The van der Waals surface area contributed by atoms with Crippen LogP contribution in [0.5, 0.6) is 0 Å². The maximum absolute atomic E-state index is 12.7. The number of aliphatic carboxylic acids is 1. The van der Waals surface area contributed by atoms with Crippen molar-refractivity contribution in [2.24, 2.45) is 92.7 Å². The minimum atomic E-state index is -2.16. The monoisotopic (exact) mass is 1740 g/mol. The van der Waals surface area contributed by atoms with Crippen molar-refractivity contribution >= 4 is 30.2 Å². The number of fused-ring (bicyclic) bond motifs is 10. The van der Waals surface area contributed by atoms with Crippen molar-refractivity contribution in [3.05, 3.63) is 53.7 Å². The number of rotatable bonds is 24. The summed E-state index contributed by atoms with van der Waals surface area (Å²) in [5, 5.41) is 8.91. The number of hydrogen-bond acceptors (Lipinski definition) is 7. The molecule has 0 heterocycles. The Morgan fingerprint density at radius 2 is 1.02 bits per heavy atom. The Morgan fingerprint density at radius 1 is 0.625 bits per heavy atom. The van der Waals surface area contributed by atoms with Crippen molar-refractivity contribution in [2.45, 2.75) is 311 Å². The van der Waals surface area contributed by atoms with Gasteiger partial charge in [-0.2, -0.15) is 24.2 Å². The van der Waals surface area contributed by atoms with Crippen LogP contribution in [0, 0.1) is 100 Å². The van der Waals surface area contributed by atoms with E-state index in [1.165, 1.54) is 141 Å². The van der Waals surface area contributed by atoms with Crippen LogP contribution >= 0.6 is 0 Å². The minimum Gasteiger partial charge on any atom is -0.870 e. The van der Waals surface area contributed by atoms with Crippen LogP contribution in [0.3, 0.4) is 0 Å². The first-order valence-electron chi connectivity index (χ1n) is 37.2. The van der Waals surface area contributed by atoms with Crippen LogP contribution in [0.4, 0.5) is 4.70 Å². The number of ether oxygens (including phenoxy) is 2. The molecule has 96 heavy (non-hydrogen) atoms. The first kappa shape index (κ1) is 94.5. The summed E-state index contributed by atoms with van der Waals surface area (Å²) in [4.78, 5) is 21.2. The molecule has 566 valence electrons. The number of nitrogens with one attached hydrogen (secondary N) is 4. The first-order valence-corrected chi connectivity index (χ1v) is 43.2. The Kier molecular flexibility index (Phi) is 43.1. The molecule has 0 aromatic heterocycles. The topological polar surface area (TPSA) is 264 Å². The molecule has 0 radical (unpaired) electrons. The van der Waals surface area contributed by atoms with Crippen molar-refractivity contribution in [1.29, 1.82) is 0 Å². The molecular formula is C77H138FLiN4O9Pt2S2-6. The number of halogens is 1. The molecule has 10 aliphatic rings. The fourth-order valence-corrected chi connectivity index (χ4v) is 24.2. The molecule has 8 N–H and O–H groups in total. The summed E-state index contributed by atoms with van der Waals surface area (Å²) >= 11 is 1.94. The molecule has 0 saturated heterocycles. The third-order valence-electron chi connectivity index (χ3n) is 26.5. The van der Waals surface area contributed by atoms with Gasteiger partial charge in [-0.25, -0.2) is 0 Å². The Bertz CT molecular complexity index is 2430. The van der Waals surface area contributed by atoms with Gasteiger partial charge in [0.1, 0.15) is 0 Å². The van der Waals surface area contributed by atoms with Crippen LogP contribution < -0.4 is 18.9 Å². The smallest absolute Gasteiger partial charge is 0.870 e. The van der Waals surface area contributed by atoms with E-state index in [4.69, 9.17) is 37.5 Å². The van der Waals surface area contributed by atoms with Crippen LogP contribution in [0.1, 0.15) is 275 Å². The van der Waals surface area contributed by atoms with E-state index < -0.39 is 23.9 Å². The molecule has 10 rings (SSSR count). The molecule has 0 aromatic carbocycles. The number of hydrogen-bond donors (Lipinski definition) is 1. The first-order chi connectivity index (χ1) is 42.6. The minimum absolute atomic E-state index is 0. The van der Waals surface area contributed by atoms with E-state index in [0.29, 0.717) is 52.1 Å². The second kappa shape index (κ2) is 43.8. The summed E-state index contributed by atoms with van der Waals surface area (Å²) in [5.41, 5.74) is 34.2. The second-order valence-corrected chi connectivity index (χ2v) is 41.9. The van der Waals surface area contributed by atoms with Crippen LogP contribution in [-0.4, -0.2) is 109 Å². The Balaban J connectivity index is 0.000000739. The van der Waals surface area contributed by atoms with E-state index >= 15 is 0 Å². The molecule has 22 atom stereocenters. The summed E-state index contributed by atoms with van der Waals surface area (Å²) in [6.07, 6.45) is 45.5. The van der Waals surface area contributed by atoms with Gasteiger partial charge < -0.3 is 50.8 Å². The molecule has 0 bridgehead atoms. The average molecular weight is 1740 g/mol. The predicted molar refractivity (Wildman–Crippen MR) is 388 cm³/mol. The number of allylic oxidation sites excluding steroid dienone is 2. The summed E-state index contributed by atoms with van der Waals surface area (Å²) in [5.74, 6) is 11.2. The molecule has 0 aromatic rings. The van der Waals surface area contributed by atoms with Gasteiger partial charge in [0.05, 0.1) is 12.7 Å². The van der Waals surface area contributed by atoms with Crippen molar-refractivity contribution in [3.8, 4) is 0 Å². The van der Waals surface area contributed by atoms with Crippen molar-refractivity contribution < 1.29 is 106 Å². The summed E-state index contributed by atoms with van der Waals surface area (Å²) in [7, 11) is -3.13. The Hall–Kier alpha value is 0.504. The van der Waals surface area contributed by atoms with E-state index in [1.54, 1.807) is 11.1 Å². The van der Waals surface area contributed by atoms with Crippen molar-refractivity contribution in [1.82, 2.24) is 0 Å². The molecule has 8 saturated carbocycles. The molecule has 8 fully saturated rings. The van der Waals surface area contributed by atoms with Crippen molar-refractivity contribution in [2.75, 3.05) is 36.2 Å². The van der Waals surface area contributed by atoms with E-state index in [9.17, 15) is 18.0 Å². The van der Waals surface area contributed by atoms with Gasteiger partial charge in [0, 0.05) is 37.6 Å². The van der Waals surface area contributed by atoms with Crippen LogP contribution in [0.2, 0.25) is 0 Å². The van der Waals surface area contributed by atoms with Gasteiger partial charge in [-0.15, -0.1) is 6.42 Å². The zero-order valence-electron chi connectivity index (χ0n) is 62.1. The van der Waals surface area contributed by atoms with Crippen molar-refractivity contribution in [3.63, 3.8) is 0 Å². The maximum atomic E-state index is 12.7. The third-order valence-corrected chi connectivity index (χ3v) is 32.1. The SMILES string of the molecule is CC(C)CCC[C@@H](C)[C@H]1CC[C@H]2[C@@H]3CC=C4C[C@@H](OCCS(=O)CC[C-]=O)CC[C@]4(C)[C@H]3CC[C@]12C.CC(C)CCC[C@@H](C)[C@H]1CC[C@H]2[C@@H]3CC=C4C[C@@H](OCC[S](=O)(=[Pt])CCC(=O)O)CC[C@]4(C)[C@H]3CC[C@]12C.F.O.[CH3-].[Li+].[NH-][C@@H]1CCCC[C@H]1[NH-].[NH-][C@@H]1CCCC[C@H]1[NH-].[OH-].[Pt]. The molecule has 13 nitrogen and oxygen atoms in total. The van der Waals surface area contributed by atoms with Crippen LogP contribution in [-0.2, 0) is 76.0 Å². The Morgan fingerprint density at radius 3 is 1.39 bits per heavy atom. The molecule has 0 amide bonds. The molecule has 19 heteroatoms. The zero-order valence-corrected chi connectivity index (χ0v) is 68.3. The van der Waals surface area contributed by atoms with Gasteiger partial charge in [-0.05, 0) is 128 Å². The molecule has 0 spiro atoms. The van der Waals surface area contributed by atoms with E-state index in [2.05, 4.69) is 81.4 Å². The second-order valence-electron chi connectivity index (χ2n) is 33.0. The van der Waals surface area contributed by atoms with Gasteiger partial charge in [0.2, 0.25) is 0 Å². The van der Waals surface area contributed by atoms with Gasteiger partial charge >= 0.3 is 192 Å². The molecule has 0 aliphatic heterocycles. The third kappa shape index (κ3) is 25.1. The van der Waals surface area contributed by atoms with Crippen LogP contribution in [0.15, 0.2) is 23.3 Å². The van der Waals surface area contributed by atoms with E-state index in [-0.39, 0.29) is 118 Å².